The third-order valence-electron chi connectivity index (χ3n) is 3.45. The summed E-state index contributed by atoms with van der Waals surface area (Å²) in [5.41, 5.74) is 5.83. The number of nitrogens with two attached hydrogens (primary N) is 1. The molecule has 5 nitrogen and oxygen atoms in total. The molecule has 2 N–H and O–H groups in total. The number of likely N-dealkylation sites (N-methyl/N-ethyl adjacent to an activating group) is 1. The number of hydrogen-bond donors (Lipinski definition) is 1. The average Bonchev–Trinajstić information content (AvgIpc) is 2.50. The minimum absolute atomic E-state index is 0.167. The van der Waals surface area contributed by atoms with Crippen LogP contribution in [0.3, 0.4) is 0 Å². The Hall–Kier alpha value is -0.170. The van der Waals surface area contributed by atoms with Gasteiger partial charge in [-0.15, -0.1) is 0 Å². The predicted octanol–water partition coefficient (Wildman–Crippen LogP) is 0.634. The van der Waals surface area contributed by atoms with E-state index in [1.807, 2.05) is 0 Å². The maximum Gasteiger partial charge on any atom is 0.281 e. The molecule has 0 unspecified atom stereocenters. The second kappa shape index (κ2) is 5.65. The summed E-state index contributed by atoms with van der Waals surface area (Å²) < 4.78 is 26.5. The van der Waals surface area contributed by atoms with Crippen molar-refractivity contribution in [2.75, 3.05) is 33.2 Å². The van der Waals surface area contributed by atoms with Crippen LogP contribution in [-0.4, -0.2) is 50.3 Å². The van der Waals surface area contributed by atoms with Gasteiger partial charge in [-0.2, -0.15) is 17.0 Å². The van der Waals surface area contributed by atoms with E-state index in [1.54, 1.807) is 11.4 Å². The van der Waals surface area contributed by atoms with Crippen molar-refractivity contribution in [3.8, 4) is 0 Å². The van der Waals surface area contributed by atoms with Gasteiger partial charge in [0.1, 0.15) is 0 Å². The van der Waals surface area contributed by atoms with E-state index in [0.717, 1.165) is 19.3 Å². The summed E-state index contributed by atoms with van der Waals surface area (Å²) in [5, 5.41) is 0. The van der Waals surface area contributed by atoms with Gasteiger partial charge in [-0.3, -0.25) is 0 Å². The highest BCUT2D eigenvalue weighted by molar-refractivity contribution is 7.87. The van der Waals surface area contributed by atoms with E-state index in [9.17, 15) is 8.42 Å². The molecule has 1 fully saturated rings. The van der Waals surface area contributed by atoms with Gasteiger partial charge in [0.05, 0.1) is 0 Å². The van der Waals surface area contributed by atoms with Crippen LogP contribution in [0.5, 0.6) is 0 Å². The lowest BCUT2D eigenvalue weighted by Gasteiger charge is -2.22. The van der Waals surface area contributed by atoms with Gasteiger partial charge in [-0.25, -0.2) is 0 Å². The van der Waals surface area contributed by atoms with Crippen LogP contribution < -0.4 is 5.73 Å². The fraction of sp³-hybridized carbons (Fsp3) is 1.00. The van der Waals surface area contributed by atoms with Gasteiger partial charge in [0, 0.05) is 26.7 Å². The fourth-order valence-electron chi connectivity index (χ4n) is 1.90. The maximum absolute atomic E-state index is 11.8. The molecule has 0 aromatic carbocycles. The molecular formula is C11H25N3O2S. The lowest BCUT2D eigenvalue weighted by molar-refractivity contribution is 0.323. The normalized spacial score (nSPS) is 22.1. The van der Waals surface area contributed by atoms with E-state index >= 15 is 0 Å². The Morgan fingerprint density at radius 2 is 1.88 bits per heavy atom. The van der Waals surface area contributed by atoms with Gasteiger partial charge >= 0.3 is 0 Å². The van der Waals surface area contributed by atoms with Crippen LogP contribution in [0, 0.1) is 5.41 Å². The van der Waals surface area contributed by atoms with Crippen LogP contribution in [0.1, 0.15) is 33.1 Å². The zero-order chi connectivity index (χ0) is 13.1. The highest BCUT2D eigenvalue weighted by atomic mass is 32.2. The molecule has 0 spiro atoms. The summed E-state index contributed by atoms with van der Waals surface area (Å²) in [6.07, 6.45) is 2.99. The molecule has 0 saturated carbocycles. The summed E-state index contributed by atoms with van der Waals surface area (Å²) in [6, 6.07) is 0. The molecule has 6 heteroatoms. The Balaban J connectivity index is 2.29. The van der Waals surface area contributed by atoms with E-state index in [0.29, 0.717) is 26.2 Å². The van der Waals surface area contributed by atoms with E-state index in [2.05, 4.69) is 13.8 Å². The van der Waals surface area contributed by atoms with Crippen LogP contribution in [0.4, 0.5) is 0 Å². The Morgan fingerprint density at radius 1 is 1.24 bits per heavy atom. The summed E-state index contributed by atoms with van der Waals surface area (Å²) in [7, 11) is -1.51. The van der Waals surface area contributed by atoms with Crippen LogP contribution in [0.25, 0.3) is 0 Å². The van der Waals surface area contributed by atoms with Gasteiger partial charge in [0.25, 0.3) is 10.2 Å². The first-order valence-electron chi connectivity index (χ1n) is 6.21. The fourth-order valence-corrected chi connectivity index (χ4v) is 3.28. The minimum Gasteiger partial charge on any atom is -0.330 e. The van der Waals surface area contributed by atoms with E-state index in [-0.39, 0.29) is 5.41 Å². The smallest absolute Gasteiger partial charge is 0.281 e. The molecule has 1 aliphatic heterocycles. The topological polar surface area (TPSA) is 66.6 Å². The number of rotatable bonds is 6. The largest absolute Gasteiger partial charge is 0.330 e. The molecule has 102 valence electrons. The molecule has 0 aromatic heterocycles. The molecule has 1 rings (SSSR count). The van der Waals surface area contributed by atoms with Crippen molar-refractivity contribution in [3.63, 3.8) is 0 Å². The molecule has 0 radical (unpaired) electrons. The van der Waals surface area contributed by atoms with E-state index in [4.69, 9.17) is 5.73 Å². The van der Waals surface area contributed by atoms with Crippen molar-refractivity contribution < 1.29 is 8.42 Å². The van der Waals surface area contributed by atoms with Crippen molar-refractivity contribution in [2.24, 2.45) is 11.1 Å². The molecule has 0 bridgehead atoms. The molecule has 0 amide bonds. The van der Waals surface area contributed by atoms with E-state index in [1.165, 1.54) is 4.31 Å². The lowest BCUT2D eigenvalue weighted by atomic mass is 9.87. The van der Waals surface area contributed by atoms with Gasteiger partial charge in [0.15, 0.2) is 0 Å². The molecule has 17 heavy (non-hydrogen) atoms. The summed E-state index contributed by atoms with van der Waals surface area (Å²) in [6.45, 7) is 6.83. The predicted molar refractivity (Wildman–Crippen MR) is 69.8 cm³/mol. The van der Waals surface area contributed by atoms with Crippen molar-refractivity contribution >= 4 is 10.2 Å². The van der Waals surface area contributed by atoms with Gasteiger partial charge in [-0.1, -0.05) is 20.3 Å². The van der Waals surface area contributed by atoms with Crippen LogP contribution in [0.15, 0.2) is 0 Å². The Kier molecular flexibility index (Phi) is 4.95. The van der Waals surface area contributed by atoms with E-state index < -0.39 is 10.2 Å². The highest BCUT2D eigenvalue weighted by Gasteiger charge is 2.32. The number of unbranched alkanes of at least 4 members (excludes halogenated alkanes) is 1. The summed E-state index contributed by atoms with van der Waals surface area (Å²) in [5.74, 6) is 0. The molecular weight excluding hydrogens is 238 g/mol. The number of nitrogens with zero attached hydrogens (tertiary/aromatic N) is 2. The first kappa shape index (κ1) is 14.9. The van der Waals surface area contributed by atoms with Crippen molar-refractivity contribution in [1.82, 2.24) is 8.61 Å². The second-order valence-electron chi connectivity index (χ2n) is 5.55. The molecule has 1 heterocycles. The van der Waals surface area contributed by atoms with Gasteiger partial charge in [0.2, 0.25) is 0 Å². The molecule has 0 atom stereocenters. The number of hydrogen-bond acceptors (Lipinski definition) is 3. The van der Waals surface area contributed by atoms with Crippen LogP contribution >= 0.6 is 0 Å². The standard InChI is InChI=1S/C11H25N3O2S/c1-11(2,10-12)6-4-5-7-14-9-8-13(3)17(14,15)16/h4-10,12H2,1-3H3. The summed E-state index contributed by atoms with van der Waals surface area (Å²) >= 11 is 0. The average molecular weight is 263 g/mol. The molecule has 1 saturated heterocycles. The minimum atomic E-state index is -3.15. The third kappa shape index (κ3) is 3.91. The zero-order valence-corrected chi connectivity index (χ0v) is 12.0. The van der Waals surface area contributed by atoms with Crippen molar-refractivity contribution in [1.29, 1.82) is 0 Å². The Labute approximate surface area is 105 Å². The first-order valence-corrected chi connectivity index (χ1v) is 7.61. The van der Waals surface area contributed by atoms with Gasteiger partial charge < -0.3 is 5.73 Å². The second-order valence-corrected chi connectivity index (χ2v) is 7.59. The van der Waals surface area contributed by atoms with Crippen molar-refractivity contribution in [2.45, 2.75) is 33.1 Å². The quantitative estimate of drug-likeness (QED) is 0.715. The first-order chi connectivity index (χ1) is 7.79. The molecule has 0 aromatic rings. The van der Waals surface area contributed by atoms with Crippen LogP contribution in [0.2, 0.25) is 0 Å². The Bertz CT molecular complexity index is 341. The monoisotopic (exact) mass is 263 g/mol. The third-order valence-corrected chi connectivity index (χ3v) is 5.44. The molecule has 0 aliphatic carbocycles. The SMILES string of the molecule is CN1CCN(CCCCC(C)(C)CN)S1(=O)=O. The maximum atomic E-state index is 11.8. The Morgan fingerprint density at radius 3 is 2.35 bits per heavy atom. The highest BCUT2D eigenvalue weighted by Crippen LogP contribution is 2.22. The lowest BCUT2D eigenvalue weighted by Crippen LogP contribution is -2.31. The summed E-state index contributed by atoms with van der Waals surface area (Å²) in [4.78, 5) is 0. The van der Waals surface area contributed by atoms with Crippen molar-refractivity contribution in [3.05, 3.63) is 0 Å². The molecule has 1 aliphatic rings. The van der Waals surface area contributed by atoms with Gasteiger partial charge in [-0.05, 0) is 24.8 Å². The van der Waals surface area contributed by atoms with Crippen LogP contribution in [-0.2, 0) is 10.2 Å². The zero-order valence-electron chi connectivity index (χ0n) is 11.1.